The van der Waals surface area contributed by atoms with E-state index in [0.29, 0.717) is 5.92 Å². The Morgan fingerprint density at radius 1 is 0.357 bits per heavy atom. The molecule has 0 bridgehead atoms. The molecule has 0 radical (unpaired) electrons. The molecule has 2 aliphatic heterocycles. The molecular weight excluding hydrogens is 844 g/mol. The van der Waals surface area contributed by atoms with Gasteiger partial charge in [0.15, 0.2) is 0 Å². The number of hydrogen-bond donors (Lipinski definition) is 0. The van der Waals surface area contributed by atoms with Crippen molar-refractivity contribution < 1.29 is 0 Å². The maximum atomic E-state index is 2.59. The summed E-state index contributed by atoms with van der Waals surface area (Å²) < 4.78 is 0. The van der Waals surface area contributed by atoms with Crippen molar-refractivity contribution in [3.63, 3.8) is 0 Å². The van der Waals surface area contributed by atoms with Crippen molar-refractivity contribution in [3.05, 3.63) is 270 Å². The average molecular weight is 895 g/mol. The normalized spacial score (nSPS) is 15.1. The minimum atomic E-state index is -0.448. The van der Waals surface area contributed by atoms with Gasteiger partial charge in [-0.2, -0.15) is 0 Å². The maximum Gasteiger partial charge on any atom is 0.252 e. The van der Waals surface area contributed by atoms with Crippen LogP contribution in [0.15, 0.2) is 243 Å². The van der Waals surface area contributed by atoms with Crippen LogP contribution >= 0.6 is 0 Å². The highest BCUT2D eigenvalue weighted by molar-refractivity contribution is 7.00. The lowest BCUT2D eigenvalue weighted by Crippen LogP contribution is -2.61. The Morgan fingerprint density at radius 3 is 1.54 bits per heavy atom. The molecule has 3 heteroatoms. The van der Waals surface area contributed by atoms with Gasteiger partial charge in [0.1, 0.15) is 0 Å². The van der Waals surface area contributed by atoms with Gasteiger partial charge in [-0.1, -0.05) is 207 Å². The van der Waals surface area contributed by atoms with Crippen LogP contribution in [0.3, 0.4) is 0 Å². The second kappa shape index (κ2) is 16.5. The fourth-order valence-electron chi connectivity index (χ4n) is 13.0. The Morgan fingerprint density at radius 2 is 0.871 bits per heavy atom. The molecule has 0 unspecified atom stereocenters. The zero-order chi connectivity index (χ0) is 46.2. The Hall–Kier alpha value is -8.14. The Balaban J connectivity index is 0.938. The highest BCUT2D eigenvalue weighted by Gasteiger charge is 2.47. The highest BCUT2D eigenvalue weighted by atomic mass is 15.2. The molecule has 1 saturated carbocycles. The lowest BCUT2D eigenvalue weighted by Gasteiger charge is -2.45. The minimum Gasteiger partial charge on any atom is -0.311 e. The van der Waals surface area contributed by atoms with Gasteiger partial charge in [0.2, 0.25) is 0 Å². The summed E-state index contributed by atoms with van der Waals surface area (Å²) in [5.41, 5.74) is 25.2. The molecule has 0 saturated heterocycles. The Bertz CT molecular complexity index is 3560. The van der Waals surface area contributed by atoms with Crippen molar-refractivity contribution in [2.75, 3.05) is 9.80 Å². The molecule has 14 rings (SSSR count). The summed E-state index contributed by atoms with van der Waals surface area (Å²) in [6.45, 7) is 0.0897. The van der Waals surface area contributed by atoms with E-state index in [1.807, 2.05) is 0 Å². The molecule has 70 heavy (non-hydrogen) atoms. The van der Waals surface area contributed by atoms with Crippen LogP contribution in [0.25, 0.3) is 33.4 Å². The average Bonchev–Trinajstić information content (AvgIpc) is 3.74. The summed E-state index contributed by atoms with van der Waals surface area (Å²) in [5.74, 6) is 0.523. The standard InChI is InChI=1S/C67H51BN2/c1-5-20-46(21-6-1)49-24-19-29-55(42-49)70-63-35-18-16-33-61(63)68-60-32-15-17-34-62(60)69(64-44-51(45-65(70)66(64)68)47-22-7-2-8-23-47)54-39-36-48(37-40-54)50-38-41-57-56-30-13-14-31-58(56)67(59(57)43-50,52-25-9-3-10-26-52)53-27-11-4-12-28-53/h1,3-6,9-21,24-45,47H,2,7-8,22-23H2. The summed E-state index contributed by atoms with van der Waals surface area (Å²) >= 11 is 0. The van der Waals surface area contributed by atoms with Gasteiger partial charge in [-0.05, 0) is 151 Å². The summed E-state index contributed by atoms with van der Waals surface area (Å²) in [6.07, 6.45) is 6.35. The number of para-hydroxylation sites is 2. The molecular formula is C67H51BN2. The summed E-state index contributed by atoms with van der Waals surface area (Å²) in [4.78, 5) is 5.16. The van der Waals surface area contributed by atoms with Crippen LogP contribution in [-0.2, 0) is 5.41 Å². The lowest BCUT2D eigenvalue weighted by atomic mass is 9.33. The van der Waals surface area contributed by atoms with Gasteiger partial charge in [-0.15, -0.1) is 0 Å². The van der Waals surface area contributed by atoms with E-state index in [1.54, 1.807) is 0 Å². The molecule has 2 aliphatic carbocycles. The number of hydrogen-bond acceptors (Lipinski definition) is 2. The number of rotatable bonds is 7. The largest absolute Gasteiger partial charge is 0.311 e. The van der Waals surface area contributed by atoms with Gasteiger partial charge in [0.25, 0.3) is 6.71 Å². The SMILES string of the molecule is c1ccc(-c2cccc(N3c4ccccc4B4c5ccccc5N(c5ccc(-c6ccc7c(c6)C(c6ccccc6)(c6ccccc6)c6ccccc6-7)cc5)c5cc(C6CCCCC6)cc3c54)c2)cc1. The summed E-state index contributed by atoms with van der Waals surface area (Å²) in [6, 6.07) is 91.4. The first-order valence-corrected chi connectivity index (χ1v) is 25.3. The molecule has 332 valence electrons. The van der Waals surface area contributed by atoms with Crippen molar-refractivity contribution in [3.8, 4) is 33.4 Å². The monoisotopic (exact) mass is 894 g/mol. The molecule has 0 spiro atoms. The Labute approximate surface area is 412 Å². The zero-order valence-corrected chi connectivity index (χ0v) is 39.2. The number of anilines is 6. The Kier molecular flexibility index (Phi) is 9.66. The van der Waals surface area contributed by atoms with E-state index in [4.69, 9.17) is 0 Å². The highest BCUT2D eigenvalue weighted by Crippen LogP contribution is 2.57. The van der Waals surface area contributed by atoms with Gasteiger partial charge in [0.05, 0.1) is 5.41 Å². The molecule has 10 aromatic carbocycles. The van der Waals surface area contributed by atoms with Gasteiger partial charge in [0, 0.05) is 34.1 Å². The zero-order valence-electron chi connectivity index (χ0n) is 39.2. The molecule has 0 amide bonds. The van der Waals surface area contributed by atoms with Gasteiger partial charge >= 0.3 is 0 Å². The van der Waals surface area contributed by atoms with Crippen molar-refractivity contribution in [2.45, 2.75) is 43.4 Å². The molecule has 0 aromatic heterocycles. The van der Waals surface area contributed by atoms with Crippen LogP contribution in [0.2, 0.25) is 0 Å². The van der Waals surface area contributed by atoms with Crippen molar-refractivity contribution >= 4 is 57.2 Å². The van der Waals surface area contributed by atoms with Crippen LogP contribution in [0, 0.1) is 0 Å². The second-order valence-corrected chi connectivity index (χ2v) is 19.8. The van der Waals surface area contributed by atoms with Gasteiger partial charge in [-0.3, -0.25) is 0 Å². The van der Waals surface area contributed by atoms with E-state index >= 15 is 0 Å². The van der Waals surface area contributed by atoms with Gasteiger partial charge < -0.3 is 9.80 Å². The predicted octanol–water partition coefficient (Wildman–Crippen LogP) is 15.5. The smallest absolute Gasteiger partial charge is 0.252 e. The van der Waals surface area contributed by atoms with Crippen molar-refractivity contribution in [1.82, 2.24) is 0 Å². The molecule has 0 N–H and O–H groups in total. The van der Waals surface area contributed by atoms with E-state index in [1.165, 1.54) is 144 Å². The van der Waals surface area contributed by atoms with Crippen LogP contribution in [-0.4, -0.2) is 6.71 Å². The third kappa shape index (κ3) is 6.27. The fraction of sp³-hybridized carbons (Fsp3) is 0.104. The van der Waals surface area contributed by atoms with Crippen molar-refractivity contribution in [1.29, 1.82) is 0 Å². The van der Waals surface area contributed by atoms with E-state index in [9.17, 15) is 0 Å². The van der Waals surface area contributed by atoms with Crippen LogP contribution in [0.5, 0.6) is 0 Å². The van der Waals surface area contributed by atoms with E-state index in [-0.39, 0.29) is 6.71 Å². The van der Waals surface area contributed by atoms with E-state index in [2.05, 4.69) is 252 Å². The van der Waals surface area contributed by atoms with Crippen molar-refractivity contribution in [2.24, 2.45) is 0 Å². The van der Waals surface area contributed by atoms with E-state index < -0.39 is 5.41 Å². The maximum absolute atomic E-state index is 2.59. The third-order valence-corrected chi connectivity index (χ3v) is 16.1. The summed E-state index contributed by atoms with van der Waals surface area (Å²) in [5, 5.41) is 0. The number of benzene rings is 10. The molecule has 2 nitrogen and oxygen atoms in total. The second-order valence-electron chi connectivity index (χ2n) is 19.8. The van der Waals surface area contributed by atoms with E-state index in [0.717, 1.165) is 0 Å². The third-order valence-electron chi connectivity index (χ3n) is 16.1. The molecule has 4 aliphatic rings. The minimum absolute atomic E-state index is 0.0897. The van der Waals surface area contributed by atoms with Crippen LogP contribution < -0.4 is 26.2 Å². The lowest BCUT2D eigenvalue weighted by molar-refractivity contribution is 0.444. The van der Waals surface area contributed by atoms with Crippen LogP contribution in [0.4, 0.5) is 34.1 Å². The molecule has 10 aromatic rings. The fourth-order valence-corrected chi connectivity index (χ4v) is 13.0. The summed E-state index contributed by atoms with van der Waals surface area (Å²) in [7, 11) is 0. The molecule has 2 heterocycles. The van der Waals surface area contributed by atoms with Crippen LogP contribution in [0.1, 0.15) is 65.8 Å². The quantitative estimate of drug-likeness (QED) is 0.147. The number of fused-ring (bicyclic) bond motifs is 7. The predicted molar refractivity (Wildman–Crippen MR) is 294 cm³/mol. The molecule has 0 atom stereocenters. The number of nitrogens with zero attached hydrogens (tertiary/aromatic N) is 2. The first-order chi connectivity index (χ1) is 34.7. The molecule has 1 fully saturated rings. The first kappa shape index (κ1) is 40.9. The van der Waals surface area contributed by atoms with Gasteiger partial charge in [-0.25, -0.2) is 0 Å². The topological polar surface area (TPSA) is 6.48 Å². The first-order valence-electron chi connectivity index (χ1n) is 25.3.